The van der Waals surface area contributed by atoms with Gasteiger partial charge >= 0.3 is 6.18 Å². The number of halogens is 3. The van der Waals surface area contributed by atoms with E-state index >= 15 is 0 Å². The molecule has 0 bridgehead atoms. The van der Waals surface area contributed by atoms with E-state index in [1.807, 2.05) is 0 Å². The molecule has 1 unspecified atom stereocenters. The molecular weight excluding hydrogens is 277 g/mol. The van der Waals surface area contributed by atoms with Gasteiger partial charge in [0.1, 0.15) is 0 Å². The highest BCUT2D eigenvalue weighted by molar-refractivity contribution is 5.86. The zero-order chi connectivity index (χ0) is 15.0. The first-order valence-corrected chi connectivity index (χ1v) is 5.75. The first-order valence-electron chi connectivity index (χ1n) is 5.75. The highest BCUT2D eigenvalue weighted by Gasteiger charge is 2.53. The summed E-state index contributed by atoms with van der Waals surface area (Å²) in [6.07, 6.45) is -4.82. The number of para-hydroxylation sites is 1. The van der Waals surface area contributed by atoms with E-state index in [-0.39, 0.29) is 13.3 Å². The molecule has 1 atom stereocenters. The molecule has 0 radical (unpaired) electrons. The Labute approximate surface area is 112 Å². The summed E-state index contributed by atoms with van der Waals surface area (Å²) in [4.78, 5) is 11.6. The Balaban J connectivity index is 2.07. The molecule has 1 aliphatic heterocycles. The molecule has 0 spiro atoms. The van der Waals surface area contributed by atoms with Crippen LogP contribution in [-0.4, -0.2) is 24.4 Å². The Bertz CT molecular complexity index is 529. The fourth-order valence-electron chi connectivity index (χ4n) is 1.62. The minimum Gasteiger partial charge on any atom is -0.454 e. The minimum absolute atomic E-state index is 0.0391. The SMILES string of the molecule is CC(N)(C(=O)NCc1cccc2c1OCO2)C(F)(F)F. The third-order valence-electron chi connectivity index (χ3n) is 2.98. The molecule has 2 rings (SSSR count). The van der Waals surface area contributed by atoms with Gasteiger partial charge in [0.15, 0.2) is 17.0 Å². The quantitative estimate of drug-likeness (QED) is 0.880. The van der Waals surface area contributed by atoms with Crippen LogP contribution in [0.25, 0.3) is 0 Å². The van der Waals surface area contributed by atoms with Crippen molar-refractivity contribution in [3.8, 4) is 11.5 Å². The molecule has 8 heteroatoms. The van der Waals surface area contributed by atoms with Crippen LogP contribution in [0.3, 0.4) is 0 Å². The molecule has 5 nitrogen and oxygen atoms in total. The van der Waals surface area contributed by atoms with Crippen LogP contribution in [0.4, 0.5) is 13.2 Å². The second-order valence-corrected chi connectivity index (χ2v) is 4.53. The van der Waals surface area contributed by atoms with Crippen molar-refractivity contribution in [3.63, 3.8) is 0 Å². The van der Waals surface area contributed by atoms with Crippen molar-refractivity contribution < 1.29 is 27.4 Å². The number of alkyl halides is 3. The monoisotopic (exact) mass is 290 g/mol. The maximum atomic E-state index is 12.6. The molecule has 1 heterocycles. The molecule has 1 amide bonds. The Morgan fingerprint density at radius 3 is 2.75 bits per heavy atom. The van der Waals surface area contributed by atoms with Crippen molar-refractivity contribution >= 4 is 5.91 Å². The lowest BCUT2D eigenvalue weighted by molar-refractivity contribution is -0.187. The molecule has 1 aromatic carbocycles. The fourth-order valence-corrected chi connectivity index (χ4v) is 1.62. The number of nitrogens with two attached hydrogens (primary N) is 1. The fraction of sp³-hybridized carbons (Fsp3) is 0.417. The topological polar surface area (TPSA) is 73.6 Å². The zero-order valence-corrected chi connectivity index (χ0v) is 10.6. The lowest BCUT2D eigenvalue weighted by Gasteiger charge is -2.26. The van der Waals surface area contributed by atoms with Gasteiger partial charge in [0.25, 0.3) is 0 Å². The Kier molecular flexibility index (Phi) is 3.51. The van der Waals surface area contributed by atoms with Gasteiger partial charge in [-0.15, -0.1) is 0 Å². The van der Waals surface area contributed by atoms with Crippen molar-refractivity contribution in [2.75, 3.05) is 6.79 Å². The van der Waals surface area contributed by atoms with E-state index in [1.165, 1.54) is 0 Å². The lowest BCUT2D eigenvalue weighted by atomic mass is 10.0. The highest BCUT2D eigenvalue weighted by Crippen LogP contribution is 2.35. The third-order valence-corrected chi connectivity index (χ3v) is 2.98. The smallest absolute Gasteiger partial charge is 0.415 e. The third kappa shape index (κ3) is 2.51. The first kappa shape index (κ1) is 14.4. The molecule has 110 valence electrons. The van der Waals surface area contributed by atoms with Gasteiger partial charge in [-0.25, -0.2) is 0 Å². The number of fused-ring (bicyclic) bond motifs is 1. The van der Waals surface area contributed by atoms with Gasteiger partial charge in [-0.3, -0.25) is 4.79 Å². The predicted octanol–water partition coefficient (Wildman–Crippen LogP) is 1.31. The van der Waals surface area contributed by atoms with Crippen LogP contribution in [0, 0.1) is 0 Å². The predicted molar refractivity (Wildman–Crippen MR) is 63.1 cm³/mol. The van der Waals surface area contributed by atoms with Gasteiger partial charge in [0, 0.05) is 12.1 Å². The average molecular weight is 290 g/mol. The molecule has 3 N–H and O–H groups in total. The van der Waals surface area contributed by atoms with Gasteiger partial charge in [-0.2, -0.15) is 13.2 Å². The van der Waals surface area contributed by atoms with Gasteiger partial charge < -0.3 is 20.5 Å². The number of carbonyl (C=O) groups excluding carboxylic acids is 1. The number of ether oxygens (including phenoxy) is 2. The van der Waals surface area contributed by atoms with Crippen molar-refractivity contribution in [1.29, 1.82) is 0 Å². The van der Waals surface area contributed by atoms with Crippen LogP contribution in [0.5, 0.6) is 11.5 Å². The first-order chi connectivity index (χ1) is 9.23. The summed E-state index contributed by atoms with van der Waals surface area (Å²) in [5.41, 5.74) is 2.60. The number of benzene rings is 1. The van der Waals surface area contributed by atoms with Crippen molar-refractivity contribution in [2.24, 2.45) is 5.73 Å². The summed E-state index contributed by atoms with van der Waals surface area (Å²) in [5.74, 6) is -0.400. The van der Waals surface area contributed by atoms with E-state index in [0.717, 1.165) is 0 Å². The molecule has 1 aliphatic rings. The van der Waals surface area contributed by atoms with Crippen LogP contribution >= 0.6 is 0 Å². The molecule has 20 heavy (non-hydrogen) atoms. The van der Waals surface area contributed by atoms with Crippen molar-refractivity contribution in [2.45, 2.75) is 25.2 Å². The highest BCUT2D eigenvalue weighted by atomic mass is 19.4. The minimum atomic E-state index is -4.82. The second kappa shape index (κ2) is 4.86. The van der Waals surface area contributed by atoms with Crippen molar-refractivity contribution in [3.05, 3.63) is 23.8 Å². The van der Waals surface area contributed by atoms with Gasteiger partial charge in [-0.1, -0.05) is 12.1 Å². The van der Waals surface area contributed by atoms with E-state index in [2.05, 4.69) is 5.32 Å². The summed E-state index contributed by atoms with van der Waals surface area (Å²) in [5, 5.41) is 2.16. The van der Waals surface area contributed by atoms with Gasteiger partial charge in [0.05, 0.1) is 0 Å². The zero-order valence-electron chi connectivity index (χ0n) is 10.6. The maximum absolute atomic E-state index is 12.6. The van der Waals surface area contributed by atoms with Gasteiger partial charge in [0.2, 0.25) is 12.7 Å². The van der Waals surface area contributed by atoms with Crippen LogP contribution in [0.15, 0.2) is 18.2 Å². The Morgan fingerprint density at radius 1 is 1.40 bits per heavy atom. The summed E-state index contributed by atoms with van der Waals surface area (Å²) in [7, 11) is 0. The summed E-state index contributed by atoms with van der Waals surface area (Å²) in [6, 6.07) is 4.94. The summed E-state index contributed by atoms with van der Waals surface area (Å²) >= 11 is 0. The average Bonchev–Trinajstić information content (AvgIpc) is 2.83. The largest absolute Gasteiger partial charge is 0.454 e. The molecule has 0 aliphatic carbocycles. The van der Waals surface area contributed by atoms with E-state index < -0.39 is 17.6 Å². The van der Waals surface area contributed by atoms with Crippen LogP contribution in [0.2, 0.25) is 0 Å². The number of nitrogens with one attached hydrogen (secondary N) is 1. The Hall–Kier alpha value is -1.96. The van der Waals surface area contributed by atoms with E-state index in [0.29, 0.717) is 24.0 Å². The van der Waals surface area contributed by atoms with E-state index in [4.69, 9.17) is 15.2 Å². The molecule has 0 saturated heterocycles. The van der Waals surface area contributed by atoms with E-state index in [1.54, 1.807) is 18.2 Å². The van der Waals surface area contributed by atoms with Crippen LogP contribution in [0.1, 0.15) is 12.5 Å². The number of hydrogen-bond donors (Lipinski definition) is 2. The number of rotatable bonds is 3. The Morgan fingerprint density at radius 2 is 2.10 bits per heavy atom. The molecule has 0 aromatic heterocycles. The molecular formula is C12H13F3N2O3. The second-order valence-electron chi connectivity index (χ2n) is 4.53. The molecule has 1 aromatic rings. The van der Waals surface area contributed by atoms with Gasteiger partial charge in [-0.05, 0) is 13.0 Å². The molecule has 0 saturated carbocycles. The summed E-state index contributed by atoms with van der Waals surface area (Å²) in [6.45, 7) is 0.531. The normalized spacial score (nSPS) is 16.6. The van der Waals surface area contributed by atoms with Crippen LogP contribution in [-0.2, 0) is 11.3 Å². The molecule has 0 fully saturated rings. The van der Waals surface area contributed by atoms with E-state index in [9.17, 15) is 18.0 Å². The standard InChI is InChI=1S/C12H13F3N2O3/c1-11(16,12(13,14)15)10(18)17-5-7-3-2-4-8-9(7)20-6-19-8/h2-4H,5-6,16H2,1H3,(H,17,18). The summed E-state index contributed by atoms with van der Waals surface area (Å²) < 4.78 is 48.1. The number of amides is 1. The maximum Gasteiger partial charge on any atom is 0.415 e. The van der Waals surface area contributed by atoms with Crippen LogP contribution < -0.4 is 20.5 Å². The lowest BCUT2D eigenvalue weighted by Crippen LogP contribution is -2.61. The number of carbonyl (C=O) groups is 1. The number of hydrogen-bond acceptors (Lipinski definition) is 4. The van der Waals surface area contributed by atoms with Crippen molar-refractivity contribution in [1.82, 2.24) is 5.32 Å².